The first-order valence-electron chi connectivity index (χ1n) is 6.22. The van der Waals surface area contributed by atoms with Crippen LogP contribution in [-0.4, -0.2) is 10.2 Å². The topological polar surface area (TPSA) is 54.7 Å². The maximum atomic E-state index is 6.04. The molecular formula is C16H15N3. The van der Waals surface area contributed by atoms with Gasteiger partial charge in [0.25, 0.3) is 0 Å². The van der Waals surface area contributed by atoms with Crippen molar-refractivity contribution in [3.8, 4) is 22.4 Å². The number of nitrogens with zero attached hydrogens (tertiary/aromatic N) is 1. The Hall–Kier alpha value is -2.55. The van der Waals surface area contributed by atoms with Crippen molar-refractivity contribution in [2.24, 2.45) is 0 Å². The molecule has 0 unspecified atom stereocenters. The number of aromatic amines is 1. The van der Waals surface area contributed by atoms with E-state index >= 15 is 0 Å². The third kappa shape index (κ3) is 1.99. The van der Waals surface area contributed by atoms with Gasteiger partial charge in [0.05, 0.1) is 11.3 Å². The van der Waals surface area contributed by atoms with Gasteiger partial charge >= 0.3 is 0 Å². The predicted octanol–water partition coefficient (Wildman–Crippen LogP) is 3.63. The Labute approximate surface area is 112 Å². The van der Waals surface area contributed by atoms with Crippen LogP contribution in [0, 0.1) is 6.92 Å². The van der Waals surface area contributed by atoms with Gasteiger partial charge in [0.1, 0.15) is 0 Å². The fraction of sp³-hybridized carbons (Fsp3) is 0.0625. The average molecular weight is 249 g/mol. The van der Waals surface area contributed by atoms with Crippen molar-refractivity contribution in [3.05, 3.63) is 60.2 Å². The molecule has 0 radical (unpaired) electrons. The number of anilines is 1. The van der Waals surface area contributed by atoms with E-state index in [1.165, 1.54) is 5.56 Å². The van der Waals surface area contributed by atoms with Gasteiger partial charge in [-0.15, -0.1) is 0 Å². The first-order valence-corrected chi connectivity index (χ1v) is 6.22. The Balaban J connectivity index is 2.23. The van der Waals surface area contributed by atoms with E-state index < -0.39 is 0 Å². The molecule has 0 atom stereocenters. The van der Waals surface area contributed by atoms with Crippen LogP contribution < -0.4 is 5.73 Å². The standard InChI is InChI=1S/C16H15N3/c1-11-7-5-6-10-13(11)14-15(18-19-16(14)17)12-8-3-2-4-9-12/h2-10H,1H3,(H3,17,18,19). The van der Waals surface area contributed by atoms with Crippen molar-refractivity contribution in [1.82, 2.24) is 10.2 Å². The number of aromatic nitrogens is 2. The molecular weight excluding hydrogens is 234 g/mol. The molecule has 0 saturated heterocycles. The molecule has 0 spiro atoms. The van der Waals surface area contributed by atoms with Crippen LogP contribution in [0.25, 0.3) is 22.4 Å². The summed E-state index contributed by atoms with van der Waals surface area (Å²) in [6, 6.07) is 18.3. The molecule has 3 nitrogen and oxygen atoms in total. The van der Waals surface area contributed by atoms with Gasteiger partial charge in [0.15, 0.2) is 5.82 Å². The van der Waals surface area contributed by atoms with Gasteiger partial charge in [0.2, 0.25) is 0 Å². The fourth-order valence-corrected chi connectivity index (χ4v) is 2.30. The monoisotopic (exact) mass is 249 g/mol. The Kier molecular flexibility index (Phi) is 2.80. The van der Waals surface area contributed by atoms with Crippen molar-refractivity contribution in [1.29, 1.82) is 0 Å². The highest BCUT2D eigenvalue weighted by atomic mass is 15.2. The van der Waals surface area contributed by atoms with Crippen LogP contribution in [0.4, 0.5) is 5.82 Å². The third-order valence-electron chi connectivity index (χ3n) is 3.27. The number of hydrogen-bond acceptors (Lipinski definition) is 2. The van der Waals surface area contributed by atoms with E-state index in [0.717, 1.165) is 22.4 Å². The molecule has 0 aliphatic heterocycles. The first-order chi connectivity index (χ1) is 9.27. The van der Waals surface area contributed by atoms with E-state index in [0.29, 0.717) is 5.82 Å². The summed E-state index contributed by atoms with van der Waals surface area (Å²) in [6.07, 6.45) is 0. The van der Waals surface area contributed by atoms with Crippen LogP contribution in [0.5, 0.6) is 0 Å². The Bertz CT molecular complexity index is 699. The average Bonchev–Trinajstić information content (AvgIpc) is 2.82. The second-order valence-corrected chi connectivity index (χ2v) is 4.54. The molecule has 3 heteroatoms. The lowest BCUT2D eigenvalue weighted by atomic mass is 9.97. The summed E-state index contributed by atoms with van der Waals surface area (Å²) < 4.78 is 0. The smallest absolute Gasteiger partial charge is 0.153 e. The van der Waals surface area contributed by atoms with Crippen molar-refractivity contribution in [3.63, 3.8) is 0 Å². The van der Waals surface area contributed by atoms with Gasteiger partial charge in [-0.3, -0.25) is 5.10 Å². The zero-order valence-corrected chi connectivity index (χ0v) is 10.7. The van der Waals surface area contributed by atoms with E-state index in [4.69, 9.17) is 5.73 Å². The number of rotatable bonds is 2. The lowest BCUT2D eigenvalue weighted by Crippen LogP contribution is -1.90. The predicted molar refractivity (Wildman–Crippen MR) is 78.6 cm³/mol. The molecule has 0 bridgehead atoms. The van der Waals surface area contributed by atoms with Gasteiger partial charge in [-0.05, 0) is 18.1 Å². The normalized spacial score (nSPS) is 10.6. The maximum absolute atomic E-state index is 6.04. The van der Waals surface area contributed by atoms with Crippen molar-refractivity contribution < 1.29 is 0 Å². The summed E-state index contributed by atoms with van der Waals surface area (Å²) in [6.45, 7) is 2.08. The van der Waals surface area contributed by atoms with Gasteiger partial charge < -0.3 is 5.73 Å². The molecule has 0 fully saturated rings. The van der Waals surface area contributed by atoms with Gasteiger partial charge in [-0.1, -0.05) is 54.6 Å². The number of benzene rings is 2. The second kappa shape index (κ2) is 4.61. The van der Waals surface area contributed by atoms with Gasteiger partial charge in [-0.2, -0.15) is 5.10 Å². The van der Waals surface area contributed by atoms with E-state index in [1.54, 1.807) is 0 Å². The highest BCUT2D eigenvalue weighted by molar-refractivity contribution is 5.88. The van der Waals surface area contributed by atoms with Crippen LogP contribution in [-0.2, 0) is 0 Å². The molecule has 0 aliphatic carbocycles. The van der Waals surface area contributed by atoms with E-state index in [1.807, 2.05) is 30.3 Å². The minimum absolute atomic E-state index is 0.535. The van der Waals surface area contributed by atoms with Crippen LogP contribution >= 0.6 is 0 Å². The number of nitrogens with two attached hydrogens (primary N) is 1. The minimum atomic E-state index is 0.535. The number of hydrogen-bond donors (Lipinski definition) is 2. The summed E-state index contributed by atoms with van der Waals surface area (Å²) in [5, 5.41) is 7.20. The van der Waals surface area contributed by atoms with Crippen molar-refractivity contribution in [2.75, 3.05) is 5.73 Å². The molecule has 0 amide bonds. The number of nitrogen functional groups attached to an aromatic ring is 1. The summed E-state index contributed by atoms with van der Waals surface area (Å²) in [5.41, 5.74) is 11.4. The van der Waals surface area contributed by atoms with Crippen LogP contribution in [0.3, 0.4) is 0 Å². The molecule has 1 heterocycles. The molecule has 19 heavy (non-hydrogen) atoms. The van der Waals surface area contributed by atoms with Crippen molar-refractivity contribution in [2.45, 2.75) is 6.92 Å². The molecule has 3 N–H and O–H groups in total. The summed E-state index contributed by atoms with van der Waals surface area (Å²) >= 11 is 0. The van der Waals surface area contributed by atoms with Gasteiger partial charge in [-0.25, -0.2) is 0 Å². The Morgan fingerprint density at radius 2 is 1.63 bits per heavy atom. The Morgan fingerprint density at radius 3 is 2.37 bits per heavy atom. The number of aryl methyl sites for hydroxylation is 1. The molecule has 94 valence electrons. The molecule has 3 aromatic rings. The lowest BCUT2D eigenvalue weighted by molar-refractivity contribution is 1.10. The lowest BCUT2D eigenvalue weighted by Gasteiger charge is -2.07. The van der Waals surface area contributed by atoms with Crippen LogP contribution in [0.1, 0.15) is 5.56 Å². The highest BCUT2D eigenvalue weighted by Gasteiger charge is 2.15. The summed E-state index contributed by atoms with van der Waals surface area (Å²) in [4.78, 5) is 0. The first kappa shape index (κ1) is 11.5. The quantitative estimate of drug-likeness (QED) is 0.728. The van der Waals surface area contributed by atoms with E-state index in [-0.39, 0.29) is 0 Å². The largest absolute Gasteiger partial charge is 0.382 e. The van der Waals surface area contributed by atoms with Gasteiger partial charge in [0, 0.05) is 5.56 Å². The van der Waals surface area contributed by atoms with E-state index in [2.05, 4.69) is 41.4 Å². The molecule has 0 saturated carbocycles. The molecule has 3 rings (SSSR count). The van der Waals surface area contributed by atoms with Crippen molar-refractivity contribution >= 4 is 5.82 Å². The third-order valence-corrected chi connectivity index (χ3v) is 3.27. The number of nitrogens with one attached hydrogen (secondary N) is 1. The maximum Gasteiger partial charge on any atom is 0.153 e. The highest BCUT2D eigenvalue weighted by Crippen LogP contribution is 2.35. The van der Waals surface area contributed by atoms with E-state index in [9.17, 15) is 0 Å². The zero-order valence-electron chi connectivity index (χ0n) is 10.7. The fourth-order valence-electron chi connectivity index (χ4n) is 2.30. The molecule has 1 aromatic heterocycles. The second-order valence-electron chi connectivity index (χ2n) is 4.54. The summed E-state index contributed by atoms with van der Waals surface area (Å²) in [5.74, 6) is 0.535. The summed E-state index contributed by atoms with van der Waals surface area (Å²) in [7, 11) is 0. The van der Waals surface area contributed by atoms with Crippen LogP contribution in [0.2, 0.25) is 0 Å². The Morgan fingerprint density at radius 1 is 0.947 bits per heavy atom. The SMILES string of the molecule is Cc1ccccc1-c1c(N)n[nH]c1-c1ccccc1. The zero-order chi connectivity index (χ0) is 13.2. The molecule has 0 aliphatic rings. The minimum Gasteiger partial charge on any atom is -0.382 e. The van der Waals surface area contributed by atoms with Crippen LogP contribution in [0.15, 0.2) is 54.6 Å². The number of H-pyrrole nitrogens is 1. The molecule has 2 aromatic carbocycles.